The van der Waals surface area contributed by atoms with E-state index in [1.54, 1.807) is 0 Å². The van der Waals surface area contributed by atoms with E-state index in [0.717, 1.165) is 90.3 Å². The van der Waals surface area contributed by atoms with Crippen LogP contribution in [0.4, 0.5) is 4.79 Å². The molecule has 0 saturated carbocycles. The summed E-state index contributed by atoms with van der Waals surface area (Å²) in [6.07, 6.45) is 4.15. The highest BCUT2D eigenvalue weighted by molar-refractivity contribution is 5.76. The molecule has 0 aromatic heterocycles. The molecule has 2 N–H and O–H groups in total. The van der Waals surface area contributed by atoms with E-state index in [2.05, 4.69) is 17.6 Å². The Morgan fingerprint density at radius 1 is 0.391 bits per heavy atom. The first-order chi connectivity index (χ1) is 42.9. The maximum absolute atomic E-state index is 14.5. The van der Waals surface area contributed by atoms with Crippen molar-refractivity contribution in [2.24, 2.45) is 0 Å². The number of carbonyl (C=O) groups excluding carboxylic acids is 2. The molecule has 2 unspecified atom stereocenters. The molecule has 0 radical (unpaired) electrons. The molecule has 7 rings (SSSR count). The number of benzene rings is 7. The molecule has 7 atom stereocenters. The Bertz CT molecular complexity index is 2840. The van der Waals surface area contributed by atoms with Gasteiger partial charge in [-0.25, -0.2) is 4.79 Å². The minimum absolute atomic E-state index is 0.0355. The lowest BCUT2D eigenvalue weighted by atomic mass is 10.0. The lowest BCUT2D eigenvalue weighted by Gasteiger charge is -2.37. The Morgan fingerprint density at radius 2 is 0.770 bits per heavy atom. The van der Waals surface area contributed by atoms with E-state index >= 15 is 0 Å². The molecular weight excluding hydrogens is 1090 g/mol. The van der Waals surface area contributed by atoms with Gasteiger partial charge < -0.3 is 53.3 Å². The number of amides is 2. The maximum Gasteiger partial charge on any atom is 0.407 e. The molecule has 13 heteroatoms. The predicted molar refractivity (Wildman–Crippen MR) is 341 cm³/mol. The number of nitrogens with one attached hydrogen (secondary N) is 2. The van der Waals surface area contributed by atoms with Crippen LogP contribution in [-0.2, 0) is 93.7 Å². The van der Waals surface area contributed by atoms with Gasteiger partial charge in [-0.15, -0.1) is 0 Å². The van der Waals surface area contributed by atoms with Gasteiger partial charge >= 0.3 is 6.09 Å². The van der Waals surface area contributed by atoms with Gasteiger partial charge in [0.15, 0.2) is 6.29 Å². The van der Waals surface area contributed by atoms with Crippen LogP contribution in [0.15, 0.2) is 212 Å². The normalized spacial score (nSPS) is 13.8. The van der Waals surface area contributed by atoms with Crippen molar-refractivity contribution < 1.29 is 52.2 Å². The largest absolute Gasteiger partial charge is 0.445 e. The summed E-state index contributed by atoms with van der Waals surface area (Å²) >= 11 is 0. The van der Waals surface area contributed by atoms with Gasteiger partial charge in [-0.1, -0.05) is 258 Å². The first-order valence-corrected chi connectivity index (χ1v) is 31.2. The van der Waals surface area contributed by atoms with Gasteiger partial charge in [0, 0.05) is 13.0 Å². The Balaban J connectivity index is 1.10. The molecule has 13 nitrogen and oxygen atoms in total. The van der Waals surface area contributed by atoms with Crippen molar-refractivity contribution in [1.82, 2.24) is 10.6 Å². The molecule has 0 heterocycles. The average molecular weight is 1190 g/mol. The van der Waals surface area contributed by atoms with E-state index in [4.69, 9.17) is 42.6 Å². The molecule has 7 aromatic rings. The summed E-state index contributed by atoms with van der Waals surface area (Å²) in [6, 6.07) is 69.2. The van der Waals surface area contributed by atoms with E-state index < -0.39 is 48.9 Å². The van der Waals surface area contributed by atoms with Crippen LogP contribution in [0.5, 0.6) is 0 Å². The summed E-state index contributed by atoms with van der Waals surface area (Å²) in [5, 5.41) is 6.28. The minimum atomic E-state index is -1.07. The van der Waals surface area contributed by atoms with Gasteiger partial charge in [0.2, 0.25) is 5.91 Å². The van der Waals surface area contributed by atoms with E-state index in [-0.39, 0.29) is 45.5 Å². The van der Waals surface area contributed by atoms with Gasteiger partial charge in [-0.05, 0) is 65.1 Å². The molecule has 0 saturated heterocycles. The predicted octanol–water partition coefficient (Wildman–Crippen LogP) is 14.8. The topological polar surface area (TPSA) is 141 Å². The SMILES string of the molecule is CC[C@@H](OCc1ccccc1)[C@@H](OCc1ccccc1)[C@H](COC(OC(COCc1ccccc1)[C@@H](C)OCc1ccccc1)[C@H](COCc1ccccc1)OCc1ccccc1)NC(=O)CCCCCCCCCCNC(=O)OCc1ccccc1. The van der Waals surface area contributed by atoms with Crippen LogP contribution in [0.2, 0.25) is 0 Å². The summed E-state index contributed by atoms with van der Waals surface area (Å²) in [7, 11) is 0. The molecule has 87 heavy (non-hydrogen) atoms. The number of alkyl carbamates (subject to hydrolysis) is 1. The number of hydrogen-bond acceptors (Lipinski definition) is 11. The number of carbonyl (C=O) groups is 2. The number of rotatable bonds is 44. The Labute approximate surface area is 517 Å². The minimum Gasteiger partial charge on any atom is -0.445 e. The number of hydrogen-bond donors (Lipinski definition) is 2. The molecule has 0 bridgehead atoms. The second-order valence-corrected chi connectivity index (χ2v) is 22.0. The van der Waals surface area contributed by atoms with Crippen molar-refractivity contribution in [3.63, 3.8) is 0 Å². The van der Waals surface area contributed by atoms with E-state index in [9.17, 15) is 9.59 Å². The fourth-order valence-electron chi connectivity index (χ4n) is 9.92. The second-order valence-electron chi connectivity index (χ2n) is 22.0. The zero-order valence-electron chi connectivity index (χ0n) is 51.1. The monoisotopic (exact) mass is 1180 g/mol. The third-order valence-electron chi connectivity index (χ3n) is 14.9. The first-order valence-electron chi connectivity index (χ1n) is 31.2. The summed E-state index contributed by atoms with van der Waals surface area (Å²) in [6.45, 7) is 7.05. The smallest absolute Gasteiger partial charge is 0.407 e. The first kappa shape index (κ1) is 67.5. The highest BCUT2D eigenvalue weighted by Crippen LogP contribution is 2.24. The quantitative estimate of drug-likeness (QED) is 0.0278. The fraction of sp³-hybridized carbons (Fsp3) is 0.405. The van der Waals surface area contributed by atoms with Gasteiger partial charge in [0.1, 0.15) is 24.9 Å². The summed E-state index contributed by atoms with van der Waals surface area (Å²) in [4.78, 5) is 26.7. The van der Waals surface area contributed by atoms with Crippen LogP contribution in [0.3, 0.4) is 0 Å². The Kier molecular flexibility index (Phi) is 31.9. The standard InChI is InChI=1S/C74H92N2O11/c1-3-68(82-52-63-39-23-13-24-40-63)72(84-54-65-43-27-15-28-44-65)67(76-71(77)47-31-8-6-4-5-7-9-32-48-75-74(78)86-55-66-45-29-16-30-46-66)56-85-73(70(83-53-64-41-25-14-26-42-64)58-80-50-61-35-19-11-20-36-61)87-69(57-79-49-60-33-17-10-18-34-60)59(2)81-51-62-37-21-12-22-38-62/h10-30,33-46,59,67-70,72-73H,3-9,31-32,47-58H2,1-2H3,(H,75,78)(H,76,77)/t59-,67+,68-,69?,70+,72+,73?/m1/s1. The molecule has 7 aromatic carbocycles. The summed E-state index contributed by atoms with van der Waals surface area (Å²) in [5.74, 6) is -0.111. The second kappa shape index (κ2) is 41.2. The third-order valence-corrected chi connectivity index (χ3v) is 14.9. The van der Waals surface area contributed by atoms with Crippen LogP contribution >= 0.6 is 0 Å². The van der Waals surface area contributed by atoms with Crippen LogP contribution in [-0.4, -0.2) is 81.2 Å². The third kappa shape index (κ3) is 27.3. The van der Waals surface area contributed by atoms with Gasteiger partial charge in [-0.2, -0.15) is 0 Å². The lowest BCUT2D eigenvalue weighted by Crippen LogP contribution is -2.54. The number of unbranched alkanes of at least 4 members (excludes halogenated alkanes) is 7. The summed E-state index contributed by atoms with van der Waals surface area (Å²) in [5.41, 5.74) is 6.99. The van der Waals surface area contributed by atoms with Crippen molar-refractivity contribution in [1.29, 1.82) is 0 Å². The van der Waals surface area contributed by atoms with Crippen LogP contribution in [0.25, 0.3) is 0 Å². The fourth-order valence-corrected chi connectivity index (χ4v) is 9.92. The van der Waals surface area contributed by atoms with Crippen molar-refractivity contribution in [3.05, 3.63) is 251 Å². The molecule has 2 amide bonds. The van der Waals surface area contributed by atoms with Crippen molar-refractivity contribution in [3.8, 4) is 0 Å². The van der Waals surface area contributed by atoms with Gasteiger partial charge in [0.05, 0.1) is 77.7 Å². The molecule has 0 aliphatic rings. The lowest BCUT2D eigenvalue weighted by molar-refractivity contribution is -0.265. The van der Waals surface area contributed by atoms with Crippen LogP contribution in [0.1, 0.15) is 117 Å². The zero-order chi connectivity index (χ0) is 60.6. The molecule has 0 spiro atoms. The van der Waals surface area contributed by atoms with E-state index in [1.165, 1.54) is 0 Å². The van der Waals surface area contributed by atoms with E-state index in [0.29, 0.717) is 45.8 Å². The zero-order valence-corrected chi connectivity index (χ0v) is 51.1. The maximum atomic E-state index is 14.5. The van der Waals surface area contributed by atoms with Crippen LogP contribution < -0.4 is 10.6 Å². The highest BCUT2D eigenvalue weighted by atomic mass is 16.7. The average Bonchev–Trinajstić information content (AvgIpc) is 3.62. The van der Waals surface area contributed by atoms with Gasteiger partial charge in [-0.3, -0.25) is 4.79 Å². The molecular formula is C74H92N2O11. The number of ether oxygens (including phenoxy) is 9. The molecule has 0 fully saturated rings. The van der Waals surface area contributed by atoms with Gasteiger partial charge in [0.25, 0.3) is 0 Å². The van der Waals surface area contributed by atoms with Crippen molar-refractivity contribution in [2.45, 2.75) is 167 Å². The Hall–Kier alpha value is -7.04. The molecule has 0 aliphatic carbocycles. The molecule has 464 valence electrons. The Morgan fingerprint density at radius 3 is 1.23 bits per heavy atom. The van der Waals surface area contributed by atoms with Crippen molar-refractivity contribution >= 4 is 12.0 Å². The molecule has 0 aliphatic heterocycles. The summed E-state index contributed by atoms with van der Waals surface area (Å²) < 4.78 is 60.0. The van der Waals surface area contributed by atoms with E-state index in [1.807, 2.05) is 219 Å². The van der Waals surface area contributed by atoms with Crippen LogP contribution in [0, 0.1) is 0 Å². The highest BCUT2D eigenvalue weighted by Gasteiger charge is 2.36. The van der Waals surface area contributed by atoms with Crippen molar-refractivity contribution in [2.75, 3.05) is 26.4 Å².